The smallest absolute Gasteiger partial charge is 0.239 e. The van der Waals surface area contributed by atoms with E-state index in [2.05, 4.69) is 4.98 Å². The Morgan fingerprint density at radius 1 is 1.21 bits per heavy atom. The number of fused-ring (bicyclic) bond motifs is 1. The number of ether oxygens (including phenoxy) is 2. The van der Waals surface area contributed by atoms with Gasteiger partial charge in [0.2, 0.25) is 12.7 Å². The molecule has 1 fully saturated rings. The second-order valence-corrected chi connectivity index (χ2v) is 7.26. The summed E-state index contributed by atoms with van der Waals surface area (Å²) in [5.41, 5.74) is 0.527. The highest BCUT2D eigenvalue weighted by atomic mass is 32.1. The number of amides is 1. The monoisotopic (exact) mass is 344 g/mol. The zero-order chi connectivity index (χ0) is 16.6. The summed E-state index contributed by atoms with van der Waals surface area (Å²) in [4.78, 5) is 19.4. The van der Waals surface area contributed by atoms with E-state index in [-0.39, 0.29) is 12.7 Å². The molecule has 2 heterocycles. The summed E-state index contributed by atoms with van der Waals surface area (Å²) in [6.07, 6.45) is 6.76. The van der Waals surface area contributed by atoms with Crippen LogP contribution in [0.15, 0.2) is 29.8 Å². The van der Waals surface area contributed by atoms with Gasteiger partial charge >= 0.3 is 0 Å². The standard InChI is InChI=1S/C18H20N2O3S/c1-20(17-19-9-10-24-17)16(21)18(7-3-2-4-8-18)13-5-6-14-15(11-13)23-12-22-14/h5-6,9-11H,2-4,7-8,12H2,1H3. The van der Waals surface area contributed by atoms with E-state index < -0.39 is 5.41 Å². The number of carbonyl (C=O) groups excluding carboxylic acids is 1. The highest BCUT2D eigenvalue weighted by Crippen LogP contribution is 2.45. The van der Waals surface area contributed by atoms with Gasteiger partial charge in [-0.3, -0.25) is 9.69 Å². The lowest BCUT2D eigenvalue weighted by molar-refractivity contribution is -0.125. The molecule has 0 radical (unpaired) electrons. The van der Waals surface area contributed by atoms with Gasteiger partial charge in [0.15, 0.2) is 16.6 Å². The van der Waals surface area contributed by atoms with Crippen LogP contribution in [0.5, 0.6) is 11.5 Å². The Kier molecular flexibility index (Phi) is 3.92. The molecule has 0 N–H and O–H groups in total. The van der Waals surface area contributed by atoms with E-state index in [1.54, 1.807) is 11.1 Å². The maximum absolute atomic E-state index is 13.4. The number of nitrogens with zero attached hydrogens (tertiary/aromatic N) is 2. The molecule has 6 heteroatoms. The normalized spacial score (nSPS) is 18.4. The number of rotatable bonds is 3. The van der Waals surface area contributed by atoms with Crippen LogP contribution in [0.2, 0.25) is 0 Å². The molecule has 0 atom stereocenters. The van der Waals surface area contributed by atoms with Gasteiger partial charge in [0.25, 0.3) is 0 Å². The van der Waals surface area contributed by atoms with Crippen LogP contribution >= 0.6 is 11.3 Å². The first kappa shape index (κ1) is 15.4. The van der Waals surface area contributed by atoms with Crippen LogP contribution in [0.25, 0.3) is 0 Å². The van der Waals surface area contributed by atoms with E-state index in [0.29, 0.717) is 0 Å². The first-order valence-electron chi connectivity index (χ1n) is 8.28. The van der Waals surface area contributed by atoms with Gasteiger partial charge in [-0.05, 0) is 30.5 Å². The van der Waals surface area contributed by atoms with Crippen molar-refractivity contribution in [2.24, 2.45) is 0 Å². The number of thiazole rings is 1. The number of anilines is 1. The Balaban J connectivity index is 1.74. The summed E-state index contributed by atoms with van der Waals surface area (Å²) in [5, 5.41) is 2.64. The molecule has 4 rings (SSSR count). The molecule has 5 nitrogen and oxygen atoms in total. The summed E-state index contributed by atoms with van der Waals surface area (Å²) >= 11 is 1.49. The molecule has 1 aliphatic carbocycles. The summed E-state index contributed by atoms with van der Waals surface area (Å²) in [5.74, 6) is 1.61. The molecule has 0 saturated heterocycles. The SMILES string of the molecule is CN(C(=O)C1(c2ccc3c(c2)OCO3)CCCCC1)c1nccs1. The summed E-state index contributed by atoms with van der Waals surface area (Å²) in [6, 6.07) is 5.93. The van der Waals surface area contributed by atoms with Crippen LogP contribution in [-0.4, -0.2) is 24.7 Å². The molecule has 0 unspecified atom stereocenters. The van der Waals surface area contributed by atoms with Crippen LogP contribution in [0.4, 0.5) is 5.13 Å². The van der Waals surface area contributed by atoms with Crippen LogP contribution in [0, 0.1) is 0 Å². The lowest BCUT2D eigenvalue weighted by Crippen LogP contribution is -2.46. The van der Waals surface area contributed by atoms with Gasteiger partial charge in [0.1, 0.15) is 0 Å². The Morgan fingerprint density at radius 2 is 2.00 bits per heavy atom. The van der Waals surface area contributed by atoms with Crippen LogP contribution in [-0.2, 0) is 10.2 Å². The molecule has 2 aliphatic rings. The minimum atomic E-state index is -0.500. The van der Waals surface area contributed by atoms with Crippen molar-refractivity contribution in [3.8, 4) is 11.5 Å². The molecule has 0 bridgehead atoms. The molecule has 1 aliphatic heterocycles. The van der Waals surface area contributed by atoms with Gasteiger partial charge < -0.3 is 9.47 Å². The van der Waals surface area contributed by atoms with Crippen molar-refractivity contribution < 1.29 is 14.3 Å². The number of carbonyl (C=O) groups is 1. The van der Waals surface area contributed by atoms with Crippen molar-refractivity contribution >= 4 is 22.4 Å². The van der Waals surface area contributed by atoms with E-state index in [9.17, 15) is 4.79 Å². The van der Waals surface area contributed by atoms with Gasteiger partial charge in [0, 0.05) is 18.6 Å². The molecule has 0 spiro atoms. The fourth-order valence-corrected chi connectivity index (χ4v) is 4.37. The van der Waals surface area contributed by atoms with Crippen LogP contribution < -0.4 is 14.4 Å². The minimum Gasteiger partial charge on any atom is -0.454 e. The third-order valence-electron chi connectivity index (χ3n) is 5.05. The fourth-order valence-electron chi connectivity index (χ4n) is 3.77. The van der Waals surface area contributed by atoms with Crippen molar-refractivity contribution in [3.63, 3.8) is 0 Å². The predicted molar refractivity (Wildman–Crippen MR) is 92.9 cm³/mol. The zero-order valence-electron chi connectivity index (χ0n) is 13.7. The van der Waals surface area contributed by atoms with Gasteiger partial charge in [-0.1, -0.05) is 25.3 Å². The predicted octanol–water partition coefficient (Wildman–Crippen LogP) is 3.74. The molecular formula is C18H20N2O3S. The molecule has 2 aromatic rings. The van der Waals surface area contributed by atoms with Gasteiger partial charge in [-0.25, -0.2) is 4.98 Å². The summed E-state index contributed by atoms with van der Waals surface area (Å²) in [7, 11) is 1.82. The molecule has 24 heavy (non-hydrogen) atoms. The Morgan fingerprint density at radius 3 is 2.75 bits per heavy atom. The molecule has 1 aromatic carbocycles. The maximum atomic E-state index is 13.4. The lowest BCUT2D eigenvalue weighted by Gasteiger charge is -2.38. The van der Waals surface area contributed by atoms with E-state index in [1.165, 1.54) is 17.8 Å². The minimum absolute atomic E-state index is 0.121. The first-order valence-corrected chi connectivity index (χ1v) is 9.16. The summed E-state index contributed by atoms with van der Waals surface area (Å²) < 4.78 is 10.9. The average Bonchev–Trinajstić information content (AvgIpc) is 3.31. The Bertz CT molecular complexity index is 739. The number of hydrogen-bond acceptors (Lipinski definition) is 5. The van der Waals surface area contributed by atoms with Crippen molar-refractivity contribution in [3.05, 3.63) is 35.3 Å². The third kappa shape index (κ3) is 2.45. The van der Waals surface area contributed by atoms with Gasteiger partial charge in [-0.2, -0.15) is 0 Å². The number of hydrogen-bond donors (Lipinski definition) is 0. The second kappa shape index (κ2) is 6.09. The largest absolute Gasteiger partial charge is 0.454 e. The molecule has 1 saturated carbocycles. The molecular weight excluding hydrogens is 324 g/mol. The van der Waals surface area contributed by atoms with Crippen molar-refractivity contribution in [1.29, 1.82) is 0 Å². The Hall–Kier alpha value is -2.08. The zero-order valence-corrected chi connectivity index (χ0v) is 14.5. The van der Waals surface area contributed by atoms with Crippen molar-refractivity contribution in [2.45, 2.75) is 37.5 Å². The average molecular weight is 344 g/mol. The van der Waals surface area contributed by atoms with Gasteiger partial charge in [0.05, 0.1) is 5.41 Å². The number of benzene rings is 1. The number of likely N-dealkylation sites (N-methyl/N-ethyl adjacent to an activating group) is 1. The van der Waals surface area contributed by atoms with Crippen molar-refractivity contribution in [2.75, 3.05) is 18.7 Å². The van der Waals surface area contributed by atoms with E-state index in [4.69, 9.17) is 9.47 Å². The van der Waals surface area contributed by atoms with Crippen LogP contribution in [0.3, 0.4) is 0 Å². The van der Waals surface area contributed by atoms with E-state index in [0.717, 1.165) is 47.9 Å². The molecule has 1 amide bonds. The highest BCUT2D eigenvalue weighted by molar-refractivity contribution is 7.13. The molecule has 126 valence electrons. The van der Waals surface area contributed by atoms with E-state index >= 15 is 0 Å². The fraction of sp³-hybridized carbons (Fsp3) is 0.444. The Labute approximate surface area is 145 Å². The highest BCUT2D eigenvalue weighted by Gasteiger charge is 2.44. The maximum Gasteiger partial charge on any atom is 0.239 e. The molecule has 1 aromatic heterocycles. The topological polar surface area (TPSA) is 51.7 Å². The van der Waals surface area contributed by atoms with Crippen LogP contribution in [0.1, 0.15) is 37.7 Å². The van der Waals surface area contributed by atoms with Gasteiger partial charge in [-0.15, -0.1) is 11.3 Å². The third-order valence-corrected chi connectivity index (χ3v) is 5.90. The number of aromatic nitrogens is 1. The summed E-state index contributed by atoms with van der Waals surface area (Å²) in [6.45, 7) is 0.249. The lowest BCUT2D eigenvalue weighted by atomic mass is 9.68. The van der Waals surface area contributed by atoms with E-state index in [1.807, 2.05) is 30.6 Å². The van der Waals surface area contributed by atoms with Crippen molar-refractivity contribution in [1.82, 2.24) is 4.98 Å². The first-order chi connectivity index (χ1) is 11.7. The second-order valence-electron chi connectivity index (χ2n) is 6.39. The quantitative estimate of drug-likeness (QED) is 0.851.